The highest BCUT2D eigenvalue weighted by atomic mass is 127. The lowest BCUT2D eigenvalue weighted by atomic mass is 10.3. The zero-order valence-electron chi connectivity index (χ0n) is 11.6. The molecule has 0 aliphatic heterocycles. The minimum Gasteiger partial charge on any atom is -0.490 e. The minimum atomic E-state index is -0.553. The number of carbonyl (C=O) groups is 2. The van der Waals surface area contributed by atoms with Crippen molar-refractivity contribution < 1.29 is 19.1 Å². The van der Waals surface area contributed by atoms with Crippen molar-refractivity contribution in [1.29, 1.82) is 0 Å². The van der Waals surface area contributed by atoms with Gasteiger partial charge in [-0.15, -0.1) is 0 Å². The first-order valence-corrected chi connectivity index (χ1v) is 7.37. The summed E-state index contributed by atoms with van der Waals surface area (Å²) >= 11 is 2.21. The summed E-state index contributed by atoms with van der Waals surface area (Å²) in [5.41, 5.74) is 0. The van der Waals surface area contributed by atoms with Crippen LogP contribution in [0.1, 0.15) is 0 Å². The number of likely N-dealkylation sites (N-methyl/N-ethyl adjacent to an activating group) is 1. The maximum atomic E-state index is 11.3. The Hall–Kier alpha value is -1.77. The number of alkyl carbamates (subject to hydrolysis) is 1. The molecule has 1 aromatic rings. The smallest absolute Gasteiger partial charge is 0.407 e. The number of halogens is 1. The number of hydrogen-bond acceptors (Lipinski definition) is 4. The Bertz CT molecular complexity index is 488. The third-order valence-electron chi connectivity index (χ3n) is 2.28. The number of benzene rings is 1. The third kappa shape index (κ3) is 8.18. The molecule has 1 rings (SSSR count). The predicted molar refractivity (Wildman–Crippen MR) is 87.2 cm³/mol. The molecule has 21 heavy (non-hydrogen) atoms. The highest BCUT2D eigenvalue weighted by Gasteiger charge is 2.00. The fraction of sp³-hybridized carbons (Fsp3) is 0.286. The number of rotatable bonds is 7. The first-order chi connectivity index (χ1) is 10.1. The van der Waals surface area contributed by atoms with Crippen molar-refractivity contribution in [1.82, 2.24) is 10.6 Å². The SMILES string of the molecule is CNC(=O)/C=C/CNC(=O)OCCOc1ccc(I)cc1. The summed E-state index contributed by atoms with van der Waals surface area (Å²) in [6.07, 6.45) is 2.31. The van der Waals surface area contributed by atoms with E-state index in [0.717, 1.165) is 9.32 Å². The Morgan fingerprint density at radius 1 is 1.24 bits per heavy atom. The summed E-state index contributed by atoms with van der Waals surface area (Å²) in [7, 11) is 1.53. The summed E-state index contributed by atoms with van der Waals surface area (Å²) < 4.78 is 11.4. The average Bonchev–Trinajstić information content (AvgIpc) is 2.49. The maximum Gasteiger partial charge on any atom is 0.407 e. The van der Waals surface area contributed by atoms with E-state index in [2.05, 4.69) is 33.2 Å². The molecule has 0 aromatic heterocycles. The van der Waals surface area contributed by atoms with Gasteiger partial charge in [-0.25, -0.2) is 4.79 Å². The van der Waals surface area contributed by atoms with Gasteiger partial charge in [-0.2, -0.15) is 0 Å². The number of carbonyl (C=O) groups excluding carboxylic acids is 2. The summed E-state index contributed by atoms with van der Waals surface area (Å²) in [5, 5.41) is 4.91. The fourth-order valence-electron chi connectivity index (χ4n) is 1.27. The van der Waals surface area contributed by atoms with Crippen LogP contribution in [0.2, 0.25) is 0 Å². The van der Waals surface area contributed by atoms with Gasteiger partial charge in [-0.1, -0.05) is 6.08 Å². The topological polar surface area (TPSA) is 76.7 Å². The van der Waals surface area contributed by atoms with E-state index in [1.165, 1.54) is 19.2 Å². The summed E-state index contributed by atoms with van der Waals surface area (Å²) in [5.74, 6) is 0.504. The molecule has 0 bridgehead atoms. The number of hydrogen-bond donors (Lipinski definition) is 2. The molecule has 0 spiro atoms. The lowest BCUT2D eigenvalue weighted by molar-refractivity contribution is -0.116. The summed E-state index contributed by atoms with van der Waals surface area (Å²) in [4.78, 5) is 22.2. The minimum absolute atomic E-state index is 0.150. The summed E-state index contributed by atoms with van der Waals surface area (Å²) in [6, 6.07) is 7.57. The molecular formula is C14H17IN2O4. The zero-order valence-corrected chi connectivity index (χ0v) is 13.8. The van der Waals surface area contributed by atoms with Crippen molar-refractivity contribution in [3.63, 3.8) is 0 Å². The van der Waals surface area contributed by atoms with Crippen LogP contribution in [-0.2, 0) is 9.53 Å². The van der Waals surface area contributed by atoms with Crippen LogP contribution in [0.15, 0.2) is 36.4 Å². The fourth-order valence-corrected chi connectivity index (χ4v) is 1.63. The van der Waals surface area contributed by atoms with Gasteiger partial charge in [0.15, 0.2) is 0 Å². The van der Waals surface area contributed by atoms with Gasteiger partial charge >= 0.3 is 6.09 Å². The maximum absolute atomic E-state index is 11.3. The number of nitrogens with one attached hydrogen (secondary N) is 2. The van der Waals surface area contributed by atoms with Crippen LogP contribution in [-0.4, -0.2) is 38.8 Å². The van der Waals surface area contributed by atoms with Crippen LogP contribution in [0.25, 0.3) is 0 Å². The van der Waals surface area contributed by atoms with Crippen molar-refractivity contribution in [3.8, 4) is 5.75 Å². The quantitative estimate of drug-likeness (QED) is 0.412. The monoisotopic (exact) mass is 404 g/mol. The first kappa shape index (κ1) is 17.3. The molecule has 0 saturated carbocycles. The molecule has 7 heteroatoms. The Kier molecular flexibility index (Phi) is 8.25. The zero-order chi connectivity index (χ0) is 15.5. The van der Waals surface area contributed by atoms with Gasteiger partial charge in [0.2, 0.25) is 5.91 Å². The number of amides is 2. The molecule has 0 radical (unpaired) electrons. The molecule has 114 valence electrons. The van der Waals surface area contributed by atoms with Crippen molar-refractivity contribution in [3.05, 3.63) is 40.0 Å². The molecule has 0 atom stereocenters. The molecule has 0 aliphatic rings. The number of ether oxygens (including phenoxy) is 2. The van der Waals surface area contributed by atoms with Gasteiger partial charge in [0.25, 0.3) is 0 Å². The summed E-state index contributed by atoms with van der Waals surface area (Å²) in [6.45, 7) is 0.656. The predicted octanol–water partition coefficient (Wildman–Crippen LogP) is 1.70. The molecule has 0 saturated heterocycles. The average molecular weight is 404 g/mol. The van der Waals surface area contributed by atoms with Crippen LogP contribution < -0.4 is 15.4 Å². The van der Waals surface area contributed by atoms with Crippen LogP contribution in [0.5, 0.6) is 5.75 Å². The van der Waals surface area contributed by atoms with Gasteiger partial charge in [0.1, 0.15) is 19.0 Å². The lowest BCUT2D eigenvalue weighted by Crippen LogP contribution is -2.26. The van der Waals surface area contributed by atoms with Gasteiger partial charge < -0.3 is 20.1 Å². The highest BCUT2D eigenvalue weighted by molar-refractivity contribution is 14.1. The first-order valence-electron chi connectivity index (χ1n) is 6.29. The van der Waals surface area contributed by atoms with Gasteiger partial charge in [-0.3, -0.25) is 4.79 Å². The van der Waals surface area contributed by atoms with Crippen LogP contribution >= 0.6 is 22.6 Å². The molecule has 1 aromatic carbocycles. The standard InChI is InChI=1S/C14H17IN2O4/c1-16-13(18)3-2-8-17-14(19)21-10-9-20-12-6-4-11(15)5-7-12/h2-7H,8-10H2,1H3,(H,16,18)(H,17,19)/b3-2+. The van der Waals surface area contributed by atoms with E-state index < -0.39 is 6.09 Å². The Labute approximate surface area is 137 Å². The molecule has 0 heterocycles. The molecular weight excluding hydrogens is 387 g/mol. The van der Waals surface area contributed by atoms with E-state index in [1.807, 2.05) is 24.3 Å². The van der Waals surface area contributed by atoms with Crippen LogP contribution in [0.4, 0.5) is 4.79 Å². The van der Waals surface area contributed by atoms with E-state index in [4.69, 9.17) is 9.47 Å². The molecule has 0 fully saturated rings. The Balaban J connectivity index is 2.09. The normalized spacial score (nSPS) is 10.2. The molecule has 6 nitrogen and oxygen atoms in total. The van der Waals surface area contributed by atoms with Crippen molar-refractivity contribution in [2.24, 2.45) is 0 Å². The third-order valence-corrected chi connectivity index (χ3v) is 3.00. The van der Waals surface area contributed by atoms with E-state index >= 15 is 0 Å². The van der Waals surface area contributed by atoms with E-state index in [9.17, 15) is 9.59 Å². The molecule has 0 aliphatic carbocycles. The lowest BCUT2D eigenvalue weighted by Gasteiger charge is -2.07. The van der Waals surface area contributed by atoms with Crippen LogP contribution in [0, 0.1) is 3.57 Å². The molecule has 2 amide bonds. The van der Waals surface area contributed by atoms with E-state index in [1.54, 1.807) is 0 Å². The van der Waals surface area contributed by atoms with Gasteiger partial charge in [0, 0.05) is 23.2 Å². The molecule has 0 unspecified atom stereocenters. The second kappa shape index (κ2) is 10.0. The van der Waals surface area contributed by atoms with E-state index in [0.29, 0.717) is 0 Å². The van der Waals surface area contributed by atoms with E-state index in [-0.39, 0.29) is 25.7 Å². The largest absolute Gasteiger partial charge is 0.490 e. The second-order valence-corrected chi connectivity index (χ2v) is 5.08. The van der Waals surface area contributed by atoms with Crippen molar-refractivity contribution in [2.75, 3.05) is 26.8 Å². The molecule has 2 N–H and O–H groups in total. The van der Waals surface area contributed by atoms with Crippen LogP contribution in [0.3, 0.4) is 0 Å². The van der Waals surface area contributed by atoms with Crippen molar-refractivity contribution in [2.45, 2.75) is 0 Å². The van der Waals surface area contributed by atoms with Crippen molar-refractivity contribution >= 4 is 34.6 Å². The second-order valence-electron chi connectivity index (χ2n) is 3.84. The van der Waals surface area contributed by atoms with Gasteiger partial charge in [0.05, 0.1) is 0 Å². The van der Waals surface area contributed by atoms with Gasteiger partial charge in [-0.05, 0) is 46.9 Å². The Morgan fingerprint density at radius 2 is 1.95 bits per heavy atom. The Morgan fingerprint density at radius 3 is 2.62 bits per heavy atom. The highest BCUT2D eigenvalue weighted by Crippen LogP contribution is 2.13.